The van der Waals surface area contributed by atoms with Gasteiger partial charge in [0.1, 0.15) is 4.88 Å². The lowest BCUT2D eigenvalue weighted by Crippen LogP contribution is -2.36. The molecule has 0 aliphatic rings. The number of aromatic nitrogens is 1. The number of aryl methyl sites for hydroxylation is 2. The summed E-state index contributed by atoms with van der Waals surface area (Å²) in [6.07, 6.45) is 1.62. The second kappa shape index (κ2) is 6.11. The minimum absolute atomic E-state index is 0.158. The normalized spacial score (nSPS) is 14.1. The Balaban J connectivity index is 2.34. The van der Waals surface area contributed by atoms with Crippen LogP contribution in [0.2, 0.25) is 0 Å². The summed E-state index contributed by atoms with van der Waals surface area (Å²) in [7, 11) is -0.948. The molecule has 2 unspecified atom stereocenters. The average molecular weight is 325 g/mol. The number of carbonyl (C=O) groups excluding carboxylic acids is 1. The molecule has 2 aromatic heterocycles. The van der Waals surface area contributed by atoms with Crippen molar-refractivity contribution in [2.75, 3.05) is 17.7 Å². The number of nitrogen functional groups attached to an aromatic ring is 1. The van der Waals surface area contributed by atoms with Crippen LogP contribution < -0.4 is 11.1 Å². The zero-order chi connectivity index (χ0) is 15.7. The molecule has 7 heteroatoms. The number of hydrogen-bond donors (Lipinski definition) is 2. The first-order chi connectivity index (χ1) is 9.79. The van der Waals surface area contributed by atoms with Crippen LogP contribution in [0.3, 0.4) is 0 Å². The third-order valence-corrected chi connectivity index (χ3v) is 5.21. The molecule has 0 aliphatic carbocycles. The van der Waals surface area contributed by atoms with Crippen molar-refractivity contribution < 1.29 is 9.00 Å². The van der Waals surface area contributed by atoms with Crippen LogP contribution in [-0.2, 0) is 10.8 Å². The third kappa shape index (κ3) is 3.41. The van der Waals surface area contributed by atoms with E-state index >= 15 is 0 Å². The van der Waals surface area contributed by atoms with Crippen LogP contribution in [0.1, 0.15) is 28.0 Å². The van der Waals surface area contributed by atoms with Crippen molar-refractivity contribution in [3.05, 3.63) is 22.3 Å². The third-order valence-electron chi connectivity index (χ3n) is 3.09. The quantitative estimate of drug-likeness (QED) is 0.900. The van der Waals surface area contributed by atoms with Gasteiger partial charge in [-0.1, -0.05) is 0 Å². The molecule has 21 heavy (non-hydrogen) atoms. The molecule has 0 saturated heterocycles. The predicted octanol–water partition coefficient (Wildman–Crippen LogP) is 1.99. The van der Waals surface area contributed by atoms with Gasteiger partial charge < -0.3 is 11.1 Å². The number of rotatable bonds is 4. The lowest BCUT2D eigenvalue weighted by atomic mass is 10.2. The largest absolute Gasteiger partial charge is 0.397 e. The van der Waals surface area contributed by atoms with E-state index in [4.69, 9.17) is 5.73 Å². The summed E-state index contributed by atoms with van der Waals surface area (Å²) in [5.74, 6) is 0.208. The molecule has 3 N–H and O–H groups in total. The van der Waals surface area contributed by atoms with Gasteiger partial charge in [0.2, 0.25) is 0 Å². The summed E-state index contributed by atoms with van der Waals surface area (Å²) in [5, 5.41) is 3.69. The van der Waals surface area contributed by atoms with E-state index in [0.717, 1.165) is 21.5 Å². The molecule has 114 valence electrons. The first-order valence-electron chi connectivity index (χ1n) is 6.56. The Morgan fingerprint density at radius 1 is 1.52 bits per heavy atom. The van der Waals surface area contributed by atoms with Gasteiger partial charge >= 0.3 is 0 Å². The fourth-order valence-electron chi connectivity index (χ4n) is 2.33. The van der Waals surface area contributed by atoms with E-state index in [-0.39, 0.29) is 11.9 Å². The molecular weight excluding hydrogens is 306 g/mol. The number of fused-ring (bicyclic) bond motifs is 1. The van der Waals surface area contributed by atoms with Crippen LogP contribution >= 0.6 is 11.3 Å². The molecule has 0 saturated carbocycles. The molecule has 0 aromatic carbocycles. The van der Waals surface area contributed by atoms with Gasteiger partial charge in [0.15, 0.2) is 0 Å². The molecule has 1 amide bonds. The molecule has 0 fully saturated rings. The molecule has 2 atom stereocenters. The zero-order valence-corrected chi connectivity index (χ0v) is 14.2. The van der Waals surface area contributed by atoms with Crippen LogP contribution in [0.5, 0.6) is 0 Å². The van der Waals surface area contributed by atoms with Gasteiger partial charge in [0.05, 0.1) is 5.69 Å². The second-order valence-corrected chi connectivity index (χ2v) is 7.71. The smallest absolute Gasteiger partial charge is 0.263 e. The van der Waals surface area contributed by atoms with Crippen molar-refractivity contribution >= 4 is 43.8 Å². The van der Waals surface area contributed by atoms with Crippen molar-refractivity contribution in [3.8, 4) is 0 Å². The Labute approximate surface area is 130 Å². The van der Waals surface area contributed by atoms with Gasteiger partial charge in [-0.2, -0.15) is 0 Å². The highest BCUT2D eigenvalue weighted by atomic mass is 32.2. The first-order valence-corrected chi connectivity index (χ1v) is 9.11. The zero-order valence-electron chi connectivity index (χ0n) is 12.5. The molecule has 5 nitrogen and oxygen atoms in total. The molecule has 2 rings (SSSR count). The maximum atomic E-state index is 12.3. The summed E-state index contributed by atoms with van der Waals surface area (Å²) < 4.78 is 12.2. The monoisotopic (exact) mass is 325 g/mol. The Kier molecular flexibility index (Phi) is 4.63. The number of nitrogens with two attached hydrogens (primary N) is 1. The molecule has 0 radical (unpaired) electrons. The van der Waals surface area contributed by atoms with Gasteiger partial charge in [0, 0.05) is 50.3 Å². The molecule has 2 heterocycles. The standard InChI is InChI=1S/C14H19N3O2S2/c1-7-5-10-11(9(3)16-7)12(15)13(20-10)14(18)17-8(2)6-21(4)19/h5,8H,6,15H2,1-4H3,(H,17,18). The average Bonchev–Trinajstić information content (AvgIpc) is 2.65. The highest BCUT2D eigenvalue weighted by Crippen LogP contribution is 2.35. The fourth-order valence-corrected chi connectivity index (χ4v) is 4.29. The van der Waals surface area contributed by atoms with Crippen LogP contribution in [-0.4, -0.2) is 33.2 Å². The summed E-state index contributed by atoms with van der Waals surface area (Å²) in [6, 6.07) is 1.78. The lowest BCUT2D eigenvalue weighted by Gasteiger charge is -2.11. The second-order valence-electron chi connectivity index (χ2n) is 5.18. The highest BCUT2D eigenvalue weighted by molar-refractivity contribution is 7.84. The minimum Gasteiger partial charge on any atom is -0.397 e. The van der Waals surface area contributed by atoms with Gasteiger partial charge in [-0.05, 0) is 26.8 Å². The van der Waals surface area contributed by atoms with Crippen LogP contribution in [0.15, 0.2) is 6.07 Å². The predicted molar refractivity (Wildman–Crippen MR) is 89.4 cm³/mol. The van der Waals surface area contributed by atoms with Crippen LogP contribution in [0.4, 0.5) is 5.69 Å². The van der Waals surface area contributed by atoms with E-state index in [1.807, 2.05) is 26.8 Å². The Morgan fingerprint density at radius 2 is 2.19 bits per heavy atom. The first kappa shape index (κ1) is 15.9. The van der Waals surface area contributed by atoms with E-state index in [0.29, 0.717) is 16.3 Å². The number of amides is 1. The van der Waals surface area contributed by atoms with E-state index in [9.17, 15) is 9.00 Å². The number of nitrogens with zero attached hydrogens (tertiary/aromatic N) is 1. The maximum Gasteiger partial charge on any atom is 0.263 e. The minimum atomic E-state index is -0.948. The fraction of sp³-hybridized carbons (Fsp3) is 0.429. The van der Waals surface area contributed by atoms with E-state index in [2.05, 4.69) is 10.3 Å². The topological polar surface area (TPSA) is 85.1 Å². The van der Waals surface area contributed by atoms with Crippen molar-refractivity contribution in [2.24, 2.45) is 0 Å². The van der Waals surface area contributed by atoms with Gasteiger partial charge in [-0.25, -0.2) is 0 Å². The number of hydrogen-bond acceptors (Lipinski definition) is 5. The summed E-state index contributed by atoms with van der Waals surface area (Å²) in [6.45, 7) is 5.64. The molecule has 0 bridgehead atoms. The summed E-state index contributed by atoms with van der Waals surface area (Å²) in [5.41, 5.74) is 8.33. The highest BCUT2D eigenvalue weighted by Gasteiger charge is 2.20. The molecule has 2 aromatic rings. The number of nitrogens with one attached hydrogen (secondary N) is 1. The Bertz CT molecular complexity index is 725. The van der Waals surface area contributed by atoms with E-state index in [1.54, 1.807) is 6.26 Å². The SMILES string of the molecule is Cc1cc2sc(C(=O)NC(C)CS(C)=O)c(N)c2c(C)n1. The van der Waals surface area contributed by atoms with Gasteiger partial charge in [0.25, 0.3) is 5.91 Å². The Hall–Kier alpha value is -1.47. The number of thiophene rings is 1. The number of pyridine rings is 1. The van der Waals surface area contributed by atoms with Crippen molar-refractivity contribution in [1.82, 2.24) is 10.3 Å². The van der Waals surface area contributed by atoms with Gasteiger partial charge in [-0.15, -0.1) is 11.3 Å². The van der Waals surface area contributed by atoms with Gasteiger partial charge in [-0.3, -0.25) is 14.0 Å². The van der Waals surface area contributed by atoms with E-state index in [1.165, 1.54) is 11.3 Å². The van der Waals surface area contributed by atoms with Crippen molar-refractivity contribution in [1.29, 1.82) is 0 Å². The van der Waals surface area contributed by atoms with E-state index < -0.39 is 10.8 Å². The molecule has 0 spiro atoms. The number of carbonyl (C=O) groups is 1. The maximum absolute atomic E-state index is 12.3. The summed E-state index contributed by atoms with van der Waals surface area (Å²) in [4.78, 5) is 17.2. The van der Waals surface area contributed by atoms with Crippen LogP contribution in [0, 0.1) is 13.8 Å². The molecular formula is C14H19N3O2S2. The molecule has 0 aliphatic heterocycles. The van der Waals surface area contributed by atoms with Crippen molar-refractivity contribution in [3.63, 3.8) is 0 Å². The lowest BCUT2D eigenvalue weighted by molar-refractivity contribution is 0.0948. The van der Waals surface area contributed by atoms with Crippen LogP contribution in [0.25, 0.3) is 10.1 Å². The summed E-state index contributed by atoms with van der Waals surface area (Å²) >= 11 is 1.37. The number of anilines is 1. The Morgan fingerprint density at radius 3 is 2.81 bits per heavy atom. The van der Waals surface area contributed by atoms with Crippen molar-refractivity contribution in [2.45, 2.75) is 26.8 Å².